The van der Waals surface area contributed by atoms with Crippen LogP contribution in [-0.2, 0) is 4.79 Å². The minimum atomic E-state index is -4.41. The quantitative estimate of drug-likeness (QED) is 0.819. The maximum atomic E-state index is 12.2. The van der Waals surface area contributed by atoms with E-state index in [1.165, 1.54) is 12.1 Å². The van der Waals surface area contributed by atoms with Gasteiger partial charge in [-0.05, 0) is 18.2 Å². The Morgan fingerprint density at radius 2 is 2.06 bits per heavy atom. The van der Waals surface area contributed by atoms with E-state index in [4.69, 9.17) is 0 Å². The monoisotopic (exact) mass is 295 g/mol. The summed E-state index contributed by atoms with van der Waals surface area (Å²) in [5.41, 5.74) is 0.221. The molecule has 0 N–H and O–H groups in total. The van der Waals surface area contributed by atoms with Gasteiger partial charge in [-0.1, -0.05) is 22.0 Å². The summed E-state index contributed by atoms with van der Waals surface area (Å²) >= 11 is 3.14. The molecule has 0 aliphatic carbocycles. The fourth-order valence-electron chi connectivity index (χ4n) is 1.21. The van der Waals surface area contributed by atoms with E-state index < -0.39 is 18.6 Å². The first-order chi connectivity index (χ1) is 7.29. The second kappa shape index (κ2) is 4.86. The lowest BCUT2D eigenvalue weighted by Gasteiger charge is -2.22. The molecule has 0 unspecified atom stereocenters. The molecule has 16 heavy (non-hydrogen) atoms. The molecule has 1 rings (SSSR count). The molecular formula is C10H9BrF3NO. The summed E-state index contributed by atoms with van der Waals surface area (Å²) in [5, 5.41) is 0. The molecule has 1 amide bonds. The molecule has 0 saturated heterocycles. The standard InChI is InChI=1S/C10H9BrF3NO/c1-7(16)15(6-10(12,13)14)9-4-2-3-8(11)5-9/h2-5H,6H2,1H3. The second-order valence-corrected chi connectivity index (χ2v) is 4.12. The van der Waals surface area contributed by atoms with E-state index in [2.05, 4.69) is 15.9 Å². The summed E-state index contributed by atoms with van der Waals surface area (Å²) in [6.45, 7) is -0.175. The number of nitrogens with zero attached hydrogens (tertiary/aromatic N) is 1. The fourth-order valence-corrected chi connectivity index (χ4v) is 1.59. The molecule has 0 atom stereocenters. The molecule has 0 spiro atoms. The van der Waals surface area contributed by atoms with Gasteiger partial charge in [-0.2, -0.15) is 13.2 Å². The van der Waals surface area contributed by atoms with Gasteiger partial charge in [0.15, 0.2) is 0 Å². The van der Waals surface area contributed by atoms with E-state index in [-0.39, 0.29) is 5.69 Å². The summed E-state index contributed by atoms with van der Waals surface area (Å²) in [6, 6.07) is 6.17. The Morgan fingerprint density at radius 3 is 2.50 bits per heavy atom. The van der Waals surface area contributed by atoms with Crippen molar-refractivity contribution in [1.82, 2.24) is 0 Å². The van der Waals surface area contributed by atoms with Gasteiger partial charge in [0.25, 0.3) is 0 Å². The Bertz CT molecular complexity index is 392. The van der Waals surface area contributed by atoms with Gasteiger partial charge < -0.3 is 4.90 Å². The molecule has 0 aliphatic rings. The normalized spacial score (nSPS) is 11.3. The van der Waals surface area contributed by atoms with Crippen molar-refractivity contribution in [2.24, 2.45) is 0 Å². The van der Waals surface area contributed by atoms with Gasteiger partial charge in [0.1, 0.15) is 6.54 Å². The van der Waals surface area contributed by atoms with Crippen LogP contribution in [-0.4, -0.2) is 18.6 Å². The zero-order chi connectivity index (χ0) is 12.3. The first kappa shape index (κ1) is 13.0. The highest BCUT2D eigenvalue weighted by Gasteiger charge is 2.32. The number of carbonyl (C=O) groups excluding carboxylic acids is 1. The maximum Gasteiger partial charge on any atom is 0.406 e. The first-order valence-corrected chi connectivity index (χ1v) is 5.19. The SMILES string of the molecule is CC(=O)N(CC(F)(F)F)c1cccc(Br)c1. The maximum absolute atomic E-state index is 12.2. The Kier molecular flexibility index (Phi) is 3.96. The lowest BCUT2D eigenvalue weighted by Crippen LogP contribution is -2.37. The van der Waals surface area contributed by atoms with Crippen LogP contribution in [0.5, 0.6) is 0 Å². The van der Waals surface area contributed by atoms with E-state index >= 15 is 0 Å². The molecule has 2 nitrogen and oxygen atoms in total. The molecule has 1 aromatic carbocycles. The largest absolute Gasteiger partial charge is 0.406 e. The number of hydrogen-bond acceptors (Lipinski definition) is 1. The van der Waals surface area contributed by atoms with Gasteiger partial charge in [0.05, 0.1) is 0 Å². The minimum absolute atomic E-state index is 0.221. The van der Waals surface area contributed by atoms with Crippen molar-refractivity contribution in [1.29, 1.82) is 0 Å². The van der Waals surface area contributed by atoms with Gasteiger partial charge >= 0.3 is 6.18 Å². The van der Waals surface area contributed by atoms with Crippen LogP contribution in [0.3, 0.4) is 0 Å². The van der Waals surface area contributed by atoms with Gasteiger partial charge in [-0.3, -0.25) is 4.79 Å². The molecule has 0 radical (unpaired) electrons. The Morgan fingerprint density at radius 1 is 1.44 bits per heavy atom. The average molecular weight is 296 g/mol. The number of anilines is 1. The average Bonchev–Trinajstić information content (AvgIpc) is 2.12. The van der Waals surface area contributed by atoms with E-state index in [0.29, 0.717) is 9.37 Å². The number of rotatable bonds is 2. The van der Waals surface area contributed by atoms with Gasteiger partial charge in [0, 0.05) is 17.1 Å². The van der Waals surface area contributed by atoms with Crippen LogP contribution >= 0.6 is 15.9 Å². The minimum Gasteiger partial charge on any atom is -0.304 e. The lowest BCUT2D eigenvalue weighted by molar-refractivity contribution is -0.131. The molecule has 88 valence electrons. The van der Waals surface area contributed by atoms with Crippen LogP contribution < -0.4 is 4.90 Å². The molecular weight excluding hydrogens is 287 g/mol. The summed E-state index contributed by atoms with van der Waals surface area (Å²) in [4.78, 5) is 11.8. The lowest BCUT2D eigenvalue weighted by atomic mass is 10.3. The summed E-state index contributed by atoms with van der Waals surface area (Å²) in [5.74, 6) is -0.643. The van der Waals surface area contributed by atoms with Crippen LogP contribution in [0, 0.1) is 0 Å². The number of alkyl halides is 3. The Hall–Kier alpha value is -1.04. The van der Waals surface area contributed by atoms with Crippen molar-refractivity contribution < 1.29 is 18.0 Å². The molecule has 0 bridgehead atoms. The van der Waals surface area contributed by atoms with Crippen LogP contribution in [0.1, 0.15) is 6.92 Å². The predicted molar refractivity (Wildman–Crippen MR) is 58.2 cm³/mol. The summed E-state index contributed by atoms with van der Waals surface area (Å²) < 4.78 is 37.4. The van der Waals surface area contributed by atoms with Crippen molar-refractivity contribution in [2.75, 3.05) is 11.4 Å². The van der Waals surface area contributed by atoms with Crippen LogP contribution in [0.25, 0.3) is 0 Å². The summed E-state index contributed by atoms with van der Waals surface area (Å²) in [6.07, 6.45) is -4.41. The number of amides is 1. The van der Waals surface area contributed by atoms with Crippen LogP contribution in [0.2, 0.25) is 0 Å². The summed E-state index contributed by atoms with van der Waals surface area (Å²) in [7, 11) is 0. The molecule has 0 saturated carbocycles. The topological polar surface area (TPSA) is 20.3 Å². The smallest absolute Gasteiger partial charge is 0.304 e. The Balaban J connectivity index is 2.99. The first-order valence-electron chi connectivity index (χ1n) is 4.40. The predicted octanol–water partition coefficient (Wildman–Crippen LogP) is 3.36. The molecule has 0 aliphatic heterocycles. The number of halogens is 4. The Labute approximate surface area is 99.2 Å². The van der Waals surface area contributed by atoms with Gasteiger partial charge in [0.2, 0.25) is 5.91 Å². The highest BCUT2D eigenvalue weighted by molar-refractivity contribution is 9.10. The van der Waals surface area contributed by atoms with E-state index in [9.17, 15) is 18.0 Å². The van der Waals surface area contributed by atoms with Crippen LogP contribution in [0.4, 0.5) is 18.9 Å². The van der Waals surface area contributed by atoms with Gasteiger partial charge in [-0.25, -0.2) is 0 Å². The molecule has 6 heteroatoms. The van der Waals surface area contributed by atoms with Crippen molar-refractivity contribution in [2.45, 2.75) is 13.1 Å². The van der Waals surface area contributed by atoms with Gasteiger partial charge in [-0.15, -0.1) is 0 Å². The third kappa shape index (κ3) is 3.84. The molecule has 1 aromatic rings. The molecule has 0 aromatic heterocycles. The zero-order valence-electron chi connectivity index (χ0n) is 8.38. The fraction of sp³-hybridized carbons (Fsp3) is 0.300. The van der Waals surface area contributed by atoms with Crippen molar-refractivity contribution in [3.63, 3.8) is 0 Å². The number of carbonyl (C=O) groups is 1. The highest BCUT2D eigenvalue weighted by Crippen LogP contribution is 2.24. The van der Waals surface area contributed by atoms with E-state index in [1.807, 2.05) is 0 Å². The highest BCUT2D eigenvalue weighted by atomic mass is 79.9. The molecule has 0 heterocycles. The molecule has 0 fully saturated rings. The zero-order valence-corrected chi connectivity index (χ0v) is 9.97. The third-order valence-electron chi connectivity index (χ3n) is 1.84. The van der Waals surface area contributed by atoms with Crippen molar-refractivity contribution in [3.05, 3.63) is 28.7 Å². The van der Waals surface area contributed by atoms with Crippen molar-refractivity contribution in [3.8, 4) is 0 Å². The number of hydrogen-bond donors (Lipinski definition) is 0. The number of benzene rings is 1. The van der Waals surface area contributed by atoms with E-state index in [1.54, 1.807) is 12.1 Å². The third-order valence-corrected chi connectivity index (χ3v) is 2.33. The second-order valence-electron chi connectivity index (χ2n) is 3.20. The van der Waals surface area contributed by atoms with E-state index in [0.717, 1.165) is 6.92 Å². The van der Waals surface area contributed by atoms with Crippen molar-refractivity contribution >= 4 is 27.5 Å². The van der Waals surface area contributed by atoms with Crippen LogP contribution in [0.15, 0.2) is 28.7 Å².